The molecule has 2 heterocycles. The lowest BCUT2D eigenvalue weighted by molar-refractivity contribution is 0.0949. The van der Waals surface area contributed by atoms with Gasteiger partial charge in [-0.2, -0.15) is 5.10 Å². The molecule has 0 saturated carbocycles. The topological polar surface area (TPSA) is 104 Å². The lowest BCUT2D eigenvalue weighted by Crippen LogP contribution is -2.23. The number of rotatable bonds is 4. The molecule has 0 aliphatic heterocycles. The van der Waals surface area contributed by atoms with Crippen LogP contribution in [0.2, 0.25) is 0 Å². The number of hydrogen-bond acceptors (Lipinski definition) is 4. The molecule has 0 aliphatic rings. The summed E-state index contributed by atoms with van der Waals surface area (Å²) in [6.45, 7) is 2.15. The molecule has 2 aromatic heterocycles. The highest BCUT2D eigenvalue weighted by Gasteiger charge is 2.09. The van der Waals surface area contributed by atoms with Crippen LogP contribution < -0.4 is 11.0 Å². The Morgan fingerprint density at radius 2 is 1.96 bits per heavy atom. The lowest BCUT2D eigenvalue weighted by Gasteiger charge is -2.06. The third-order valence-corrected chi connectivity index (χ3v) is 3.35. The molecule has 0 unspecified atom stereocenters. The van der Waals surface area contributed by atoms with E-state index in [-0.39, 0.29) is 12.5 Å². The van der Waals surface area contributed by atoms with E-state index in [0.717, 1.165) is 11.1 Å². The van der Waals surface area contributed by atoms with Crippen LogP contribution in [0.25, 0.3) is 11.1 Å². The lowest BCUT2D eigenvalue weighted by atomic mass is 10.0. The van der Waals surface area contributed by atoms with Gasteiger partial charge in [0.2, 0.25) is 0 Å². The maximum absolute atomic E-state index is 12.2. The molecule has 0 aliphatic carbocycles. The van der Waals surface area contributed by atoms with Crippen LogP contribution in [0.4, 0.5) is 0 Å². The van der Waals surface area contributed by atoms with E-state index < -0.39 is 5.69 Å². The van der Waals surface area contributed by atoms with Crippen LogP contribution in [0.3, 0.4) is 0 Å². The molecule has 3 aromatic rings. The van der Waals surface area contributed by atoms with E-state index in [9.17, 15) is 9.59 Å². The maximum Gasteiger partial charge on any atom is 0.340 e. The maximum atomic E-state index is 12.2. The Labute approximate surface area is 131 Å². The highest BCUT2D eigenvalue weighted by molar-refractivity contribution is 5.94. The molecule has 0 fully saturated rings. The number of aromatic amines is 2. The fourth-order valence-corrected chi connectivity index (χ4v) is 2.12. The molecule has 3 rings (SSSR count). The van der Waals surface area contributed by atoms with Crippen molar-refractivity contribution in [1.82, 2.24) is 25.5 Å². The standard InChI is InChI=1S/C16H15N5O2/c1-10-2-4-11(5-3-10)12-6-13(8-17-7-12)15(22)18-9-14-19-16(23)21-20-14/h2-8H,9H2,1H3,(H,18,22)(H2,19,20,21,23). The number of aryl methyl sites for hydroxylation is 1. The Morgan fingerprint density at radius 3 is 2.65 bits per heavy atom. The molecular formula is C16H15N5O2. The van der Waals surface area contributed by atoms with Gasteiger partial charge in [0, 0.05) is 18.0 Å². The van der Waals surface area contributed by atoms with Gasteiger partial charge in [0.1, 0.15) is 5.82 Å². The zero-order valence-corrected chi connectivity index (χ0v) is 12.5. The summed E-state index contributed by atoms with van der Waals surface area (Å²) >= 11 is 0. The molecule has 7 heteroatoms. The summed E-state index contributed by atoms with van der Waals surface area (Å²) in [7, 11) is 0. The average Bonchev–Trinajstić information content (AvgIpc) is 2.99. The highest BCUT2D eigenvalue weighted by Crippen LogP contribution is 2.19. The van der Waals surface area contributed by atoms with Gasteiger partial charge in [0.25, 0.3) is 5.91 Å². The first-order valence-electron chi connectivity index (χ1n) is 7.06. The highest BCUT2D eigenvalue weighted by atomic mass is 16.2. The van der Waals surface area contributed by atoms with Crippen LogP contribution in [0.5, 0.6) is 0 Å². The second-order valence-corrected chi connectivity index (χ2v) is 5.14. The average molecular weight is 309 g/mol. The Balaban J connectivity index is 1.74. The van der Waals surface area contributed by atoms with Crippen molar-refractivity contribution in [3.8, 4) is 11.1 Å². The predicted octanol–water partition coefficient (Wildman–Crippen LogP) is 1.40. The Bertz CT molecular complexity index is 880. The van der Waals surface area contributed by atoms with Gasteiger partial charge in [-0.25, -0.2) is 9.89 Å². The third kappa shape index (κ3) is 3.52. The molecule has 116 valence electrons. The minimum Gasteiger partial charge on any atom is -0.345 e. The van der Waals surface area contributed by atoms with Crippen molar-refractivity contribution in [2.45, 2.75) is 13.5 Å². The van der Waals surface area contributed by atoms with Crippen molar-refractivity contribution in [3.05, 3.63) is 70.2 Å². The molecule has 23 heavy (non-hydrogen) atoms. The number of carbonyl (C=O) groups is 1. The largest absolute Gasteiger partial charge is 0.345 e. The number of nitrogens with zero attached hydrogens (tertiary/aromatic N) is 2. The van der Waals surface area contributed by atoms with Crippen molar-refractivity contribution in [1.29, 1.82) is 0 Å². The second-order valence-electron chi connectivity index (χ2n) is 5.14. The van der Waals surface area contributed by atoms with E-state index in [1.54, 1.807) is 12.3 Å². The Morgan fingerprint density at radius 1 is 1.17 bits per heavy atom. The molecule has 3 N–H and O–H groups in total. The van der Waals surface area contributed by atoms with Crippen molar-refractivity contribution < 1.29 is 4.79 Å². The molecule has 7 nitrogen and oxygen atoms in total. The Kier molecular flexibility index (Phi) is 4.01. The van der Waals surface area contributed by atoms with Crippen LogP contribution in [0, 0.1) is 6.92 Å². The van der Waals surface area contributed by atoms with Gasteiger partial charge >= 0.3 is 5.69 Å². The minimum absolute atomic E-state index is 0.131. The third-order valence-electron chi connectivity index (χ3n) is 3.35. The smallest absolute Gasteiger partial charge is 0.340 e. The number of pyridine rings is 1. The van der Waals surface area contributed by atoms with E-state index in [1.807, 2.05) is 31.2 Å². The molecule has 0 radical (unpaired) electrons. The Hall–Kier alpha value is -3.22. The van der Waals surface area contributed by atoms with Gasteiger partial charge in [0.05, 0.1) is 12.1 Å². The first-order valence-corrected chi connectivity index (χ1v) is 7.06. The minimum atomic E-state index is -0.405. The summed E-state index contributed by atoms with van der Waals surface area (Å²) in [6.07, 6.45) is 3.22. The molecule has 1 amide bonds. The van der Waals surface area contributed by atoms with Gasteiger partial charge < -0.3 is 5.32 Å². The number of benzene rings is 1. The molecule has 1 aromatic carbocycles. The molecular weight excluding hydrogens is 294 g/mol. The summed E-state index contributed by atoms with van der Waals surface area (Å²) in [5.74, 6) is 0.0845. The zero-order valence-electron chi connectivity index (χ0n) is 12.5. The number of carbonyl (C=O) groups excluding carboxylic acids is 1. The van der Waals surface area contributed by atoms with Gasteiger partial charge in [-0.05, 0) is 18.6 Å². The fraction of sp³-hybridized carbons (Fsp3) is 0.125. The summed E-state index contributed by atoms with van der Waals surface area (Å²) in [4.78, 5) is 29.7. The van der Waals surface area contributed by atoms with E-state index in [2.05, 4.69) is 25.5 Å². The summed E-state index contributed by atoms with van der Waals surface area (Å²) in [5, 5.41) is 8.66. The summed E-state index contributed by atoms with van der Waals surface area (Å²) in [6, 6.07) is 9.78. The van der Waals surface area contributed by atoms with Crippen molar-refractivity contribution in [3.63, 3.8) is 0 Å². The van der Waals surface area contributed by atoms with E-state index in [4.69, 9.17) is 0 Å². The number of aromatic nitrogens is 4. The van der Waals surface area contributed by atoms with Crippen LogP contribution in [-0.4, -0.2) is 26.1 Å². The van der Waals surface area contributed by atoms with Crippen LogP contribution >= 0.6 is 0 Å². The molecule has 0 bridgehead atoms. The van der Waals surface area contributed by atoms with Crippen molar-refractivity contribution >= 4 is 5.91 Å². The predicted molar refractivity (Wildman–Crippen MR) is 84.8 cm³/mol. The van der Waals surface area contributed by atoms with E-state index in [1.165, 1.54) is 11.8 Å². The van der Waals surface area contributed by atoms with Crippen LogP contribution in [0.15, 0.2) is 47.5 Å². The fourth-order valence-electron chi connectivity index (χ4n) is 2.12. The second kappa shape index (κ2) is 6.27. The van der Waals surface area contributed by atoms with E-state index >= 15 is 0 Å². The number of amides is 1. The van der Waals surface area contributed by atoms with Gasteiger partial charge in [-0.1, -0.05) is 29.8 Å². The zero-order chi connectivity index (χ0) is 16.2. The summed E-state index contributed by atoms with van der Waals surface area (Å²) in [5.41, 5.74) is 3.07. The molecule has 0 atom stereocenters. The number of H-pyrrole nitrogens is 2. The van der Waals surface area contributed by atoms with Crippen LogP contribution in [0.1, 0.15) is 21.7 Å². The van der Waals surface area contributed by atoms with E-state index in [0.29, 0.717) is 11.4 Å². The van der Waals surface area contributed by atoms with Gasteiger partial charge in [-0.15, -0.1) is 0 Å². The van der Waals surface area contributed by atoms with Crippen LogP contribution in [-0.2, 0) is 6.54 Å². The number of hydrogen-bond donors (Lipinski definition) is 3. The normalized spacial score (nSPS) is 10.5. The quantitative estimate of drug-likeness (QED) is 0.677. The molecule has 0 saturated heterocycles. The van der Waals surface area contributed by atoms with Crippen molar-refractivity contribution in [2.75, 3.05) is 0 Å². The summed E-state index contributed by atoms with van der Waals surface area (Å²) < 4.78 is 0. The van der Waals surface area contributed by atoms with Crippen molar-refractivity contribution in [2.24, 2.45) is 0 Å². The SMILES string of the molecule is Cc1ccc(-c2cncc(C(=O)NCc3n[nH]c(=O)[nH]3)c2)cc1. The monoisotopic (exact) mass is 309 g/mol. The number of nitrogens with one attached hydrogen (secondary N) is 3. The van der Waals surface area contributed by atoms with Gasteiger partial charge in [-0.3, -0.25) is 14.8 Å². The van der Waals surface area contributed by atoms with Gasteiger partial charge in [0.15, 0.2) is 0 Å². The molecule has 0 spiro atoms. The first-order chi connectivity index (χ1) is 11.1. The first kappa shape index (κ1) is 14.7.